The highest BCUT2D eigenvalue weighted by molar-refractivity contribution is 9.09. The first-order valence-electron chi connectivity index (χ1n) is 4.40. The minimum absolute atomic E-state index is 0.241. The molecular weight excluding hydrogens is 254 g/mol. The Hall–Kier alpha value is 0.390. The van der Waals surface area contributed by atoms with Gasteiger partial charge in [-0.1, -0.05) is 29.8 Å². The number of nitrogens with zero attached hydrogens (tertiary/aromatic N) is 1. The molecule has 80 valence electrons. The molecule has 0 radical (unpaired) electrons. The summed E-state index contributed by atoms with van der Waals surface area (Å²) in [7, 11) is -0.874. The van der Waals surface area contributed by atoms with Gasteiger partial charge in [-0.05, 0) is 7.05 Å². The van der Waals surface area contributed by atoms with Crippen molar-refractivity contribution in [3.8, 4) is 0 Å². The van der Waals surface area contributed by atoms with E-state index in [1.165, 1.54) is 0 Å². The van der Waals surface area contributed by atoms with Crippen molar-refractivity contribution in [2.24, 2.45) is 0 Å². The van der Waals surface area contributed by atoms with Gasteiger partial charge in [-0.3, -0.25) is 0 Å². The van der Waals surface area contributed by atoms with Gasteiger partial charge < -0.3 is 4.90 Å². The van der Waals surface area contributed by atoms with Crippen LogP contribution in [0.15, 0.2) is 0 Å². The SMILES string of the molecule is CCS(=O)(=O)CCN(C)CC(C)Br. The number of sulfone groups is 1. The van der Waals surface area contributed by atoms with Crippen molar-refractivity contribution >= 4 is 25.8 Å². The van der Waals surface area contributed by atoms with Crippen molar-refractivity contribution in [3.05, 3.63) is 0 Å². The molecule has 0 amide bonds. The van der Waals surface area contributed by atoms with Crippen LogP contribution in [0.3, 0.4) is 0 Å². The second-order valence-corrected chi connectivity index (χ2v) is 7.32. The molecule has 0 aliphatic rings. The summed E-state index contributed by atoms with van der Waals surface area (Å²) >= 11 is 3.42. The van der Waals surface area contributed by atoms with E-state index in [0.717, 1.165) is 6.54 Å². The van der Waals surface area contributed by atoms with Crippen molar-refractivity contribution < 1.29 is 8.42 Å². The molecule has 0 aromatic rings. The Labute approximate surface area is 89.5 Å². The zero-order valence-electron chi connectivity index (χ0n) is 8.46. The van der Waals surface area contributed by atoms with Crippen LogP contribution in [-0.4, -0.2) is 49.8 Å². The molecule has 0 spiro atoms. The number of rotatable bonds is 6. The zero-order valence-corrected chi connectivity index (χ0v) is 10.9. The monoisotopic (exact) mass is 271 g/mol. The summed E-state index contributed by atoms with van der Waals surface area (Å²) in [4.78, 5) is 2.42. The average molecular weight is 272 g/mol. The molecule has 13 heavy (non-hydrogen) atoms. The van der Waals surface area contributed by atoms with Gasteiger partial charge in [-0.15, -0.1) is 0 Å². The third kappa shape index (κ3) is 7.46. The van der Waals surface area contributed by atoms with Gasteiger partial charge >= 0.3 is 0 Å². The minimum Gasteiger partial charge on any atom is -0.304 e. The van der Waals surface area contributed by atoms with E-state index in [9.17, 15) is 8.42 Å². The molecule has 0 rings (SSSR count). The minimum atomic E-state index is -2.81. The maximum Gasteiger partial charge on any atom is 0.151 e. The van der Waals surface area contributed by atoms with Gasteiger partial charge in [0.1, 0.15) is 0 Å². The van der Waals surface area contributed by atoms with Gasteiger partial charge in [0.15, 0.2) is 9.84 Å². The Morgan fingerprint density at radius 2 is 2.00 bits per heavy atom. The highest BCUT2D eigenvalue weighted by atomic mass is 79.9. The number of hydrogen-bond donors (Lipinski definition) is 0. The van der Waals surface area contributed by atoms with E-state index >= 15 is 0 Å². The molecule has 0 aromatic heterocycles. The van der Waals surface area contributed by atoms with E-state index in [-0.39, 0.29) is 11.5 Å². The van der Waals surface area contributed by atoms with E-state index in [1.807, 2.05) is 18.9 Å². The molecule has 1 atom stereocenters. The topological polar surface area (TPSA) is 37.4 Å². The Morgan fingerprint density at radius 3 is 2.38 bits per heavy atom. The van der Waals surface area contributed by atoms with E-state index in [0.29, 0.717) is 11.4 Å². The van der Waals surface area contributed by atoms with Crippen LogP contribution in [0, 0.1) is 0 Å². The van der Waals surface area contributed by atoms with Crippen LogP contribution in [-0.2, 0) is 9.84 Å². The molecule has 0 saturated heterocycles. The van der Waals surface area contributed by atoms with Crippen molar-refractivity contribution in [2.75, 3.05) is 31.6 Å². The Bertz CT molecular complexity index is 226. The first-order chi connectivity index (χ1) is 5.87. The summed E-state index contributed by atoms with van der Waals surface area (Å²) in [5.41, 5.74) is 0. The van der Waals surface area contributed by atoms with Crippen molar-refractivity contribution in [3.63, 3.8) is 0 Å². The lowest BCUT2D eigenvalue weighted by atomic mass is 10.4. The Balaban J connectivity index is 3.77. The largest absolute Gasteiger partial charge is 0.304 e. The van der Waals surface area contributed by atoms with Crippen molar-refractivity contribution in [2.45, 2.75) is 18.7 Å². The molecule has 5 heteroatoms. The predicted octanol–water partition coefficient (Wildman–Crippen LogP) is 1.14. The standard InChI is InChI=1S/C8H18BrNO2S/c1-4-13(11,12)6-5-10(3)7-8(2)9/h8H,4-7H2,1-3H3. The lowest BCUT2D eigenvalue weighted by Gasteiger charge is -2.17. The van der Waals surface area contributed by atoms with Crippen LogP contribution >= 0.6 is 15.9 Å². The van der Waals surface area contributed by atoms with Gasteiger partial charge in [0.2, 0.25) is 0 Å². The van der Waals surface area contributed by atoms with E-state index in [1.54, 1.807) is 6.92 Å². The third-order valence-electron chi connectivity index (χ3n) is 1.79. The van der Waals surface area contributed by atoms with Crippen LogP contribution in [0.4, 0.5) is 0 Å². The zero-order chi connectivity index (χ0) is 10.5. The summed E-state index contributed by atoms with van der Waals surface area (Å²) in [6, 6.07) is 0. The highest BCUT2D eigenvalue weighted by Crippen LogP contribution is 2.00. The normalized spacial score (nSPS) is 14.8. The lowest BCUT2D eigenvalue weighted by molar-refractivity contribution is 0.359. The van der Waals surface area contributed by atoms with Crippen molar-refractivity contribution in [1.29, 1.82) is 0 Å². The van der Waals surface area contributed by atoms with Crippen LogP contribution in [0.5, 0.6) is 0 Å². The quantitative estimate of drug-likeness (QED) is 0.680. The van der Waals surface area contributed by atoms with E-state index < -0.39 is 9.84 Å². The summed E-state index contributed by atoms with van der Waals surface area (Å²) in [5.74, 6) is 0.504. The molecule has 0 bridgehead atoms. The molecule has 0 aromatic carbocycles. The molecular formula is C8H18BrNO2S. The van der Waals surface area contributed by atoms with Crippen LogP contribution in [0.2, 0.25) is 0 Å². The fourth-order valence-corrected chi connectivity index (χ4v) is 2.33. The summed E-state index contributed by atoms with van der Waals surface area (Å²) in [5, 5.41) is 0. The smallest absolute Gasteiger partial charge is 0.151 e. The number of halogens is 1. The summed E-state index contributed by atoms with van der Waals surface area (Å²) in [6.07, 6.45) is 0. The van der Waals surface area contributed by atoms with Crippen LogP contribution in [0.1, 0.15) is 13.8 Å². The van der Waals surface area contributed by atoms with Gasteiger partial charge in [-0.25, -0.2) is 8.42 Å². The van der Waals surface area contributed by atoms with Gasteiger partial charge in [0, 0.05) is 23.7 Å². The molecule has 1 unspecified atom stereocenters. The molecule has 0 fully saturated rings. The second-order valence-electron chi connectivity index (χ2n) is 3.28. The van der Waals surface area contributed by atoms with Crippen molar-refractivity contribution in [1.82, 2.24) is 4.90 Å². The third-order valence-corrected chi connectivity index (χ3v) is 3.76. The Kier molecular flexibility index (Phi) is 6.16. The first-order valence-corrected chi connectivity index (χ1v) is 7.14. The van der Waals surface area contributed by atoms with E-state index in [2.05, 4.69) is 15.9 Å². The lowest BCUT2D eigenvalue weighted by Crippen LogP contribution is -2.30. The average Bonchev–Trinajstić information content (AvgIpc) is 2.00. The van der Waals surface area contributed by atoms with Gasteiger partial charge in [-0.2, -0.15) is 0 Å². The van der Waals surface area contributed by atoms with Gasteiger partial charge in [0.25, 0.3) is 0 Å². The molecule has 0 N–H and O–H groups in total. The molecule has 0 aliphatic heterocycles. The van der Waals surface area contributed by atoms with E-state index in [4.69, 9.17) is 0 Å². The summed E-state index contributed by atoms with van der Waals surface area (Å²) < 4.78 is 22.3. The summed E-state index contributed by atoms with van der Waals surface area (Å²) in [6.45, 7) is 5.22. The molecule has 3 nitrogen and oxygen atoms in total. The molecule has 0 aliphatic carbocycles. The first kappa shape index (κ1) is 13.4. The maximum atomic E-state index is 11.2. The van der Waals surface area contributed by atoms with Crippen LogP contribution < -0.4 is 0 Å². The Morgan fingerprint density at radius 1 is 1.46 bits per heavy atom. The van der Waals surface area contributed by atoms with Gasteiger partial charge in [0.05, 0.1) is 5.75 Å². The number of alkyl halides is 1. The fraction of sp³-hybridized carbons (Fsp3) is 1.00. The fourth-order valence-electron chi connectivity index (χ4n) is 0.960. The molecule has 0 heterocycles. The second kappa shape index (κ2) is 5.98. The predicted molar refractivity (Wildman–Crippen MR) is 60.2 cm³/mol. The highest BCUT2D eigenvalue weighted by Gasteiger charge is 2.09. The van der Waals surface area contributed by atoms with Crippen LogP contribution in [0.25, 0.3) is 0 Å². The number of hydrogen-bond acceptors (Lipinski definition) is 3. The molecule has 0 saturated carbocycles. The maximum absolute atomic E-state index is 11.2.